The fourth-order valence-electron chi connectivity index (χ4n) is 18.0. The molecule has 15 saturated heterocycles. The van der Waals surface area contributed by atoms with Crippen LogP contribution in [0.1, 0.15) is 165 Å². The Morgan fingerprint density at radius 1 is 0.630 bits per heavy atom. The van der Waals surface area contributed by atoms with Crippen molar-refractivity contribution in [2.75, 3.05) is 13.7 Å². The predicted molar refractivity (Wildman–Crippen MR) is 292 cm³/mol. The van der Waals surface area contributed by atoms with E-state index in [1.165, 1.54) is 18.3 Å². The van der Waals surface area contributed by atoms with E-state index in [1.54, 1.807) is 0 Å². The number of fused-ring (bicyclic) bond motifs is 5. The van der Waals surface area contributed by atoms with Crippen molar-refractivity contribution in [1.82, 2.24) is 0 Å². The average Bonchev–Trinajstić information content (AvgIpc) is 3.93. The summed E-state index contributed by atoms with van der Waals surface area (Å²) in [5.41, 5.74) is 7.77. The van der Waals surface area contributed by atoms with Crippen LogP contribution in [0.25, 0.3) is 0 Å². The molecule has 15 aliphatic heterocycles. The van der Waals surface area contributed by atoms with E-state index < -0.39 is 29.1 Å². The van der Waals surface area contributed by atoms with Gasteiger partial charge in [-0.1, -0.05) is 54.7 Å². The molecule has 3 N–H and O–H groups in total. The topological polar surface area (TPSA) is 202 Å². The number of esters is 1. The van der Waals surface area contributed by atoms with Crippen LogP contribution in [0.15, 0.2) is 24.3 Å². The van der Waals surface area contributed by atoms with Gasteiger partial charge in [0.1, 0.15) is 36.1 Å². The van der Waals surface area contributed by atoms with Crippen LogP contribution in [0.5, 0.6) is 0 Å². The quantitative estimate of drug-likeness (QED) is 0.161. The third kappa shape index (κ3) is 10.6. The van der Waals surface area contributed by atoms with E-state index in [0.29, 0.717) is 50.0 Å². The van der Waals surface area contributed by atoms with Crippen molar-refractivity contribution in [3.05, 3.63) is 24.3 Å². The van der Waals surface area contributed by atoms with Crippen molar-refractivity contribution >= 4 is 5.97 Å². The highest BCUT2D eigenvalue weighted by molar-refractivity contribution is 5.69. The third-order valence-electron chi connectivity index (χ3n) is 22.4. The van der Waals surface area contributed by atoms with Crippen molar-refractivity contribution in [2.24, 2.45) is 35.3 Å². The van der Waals surface area contributed by atoms with Crippen molar-refractivity contribution in [3.63, 3.8) is 0 Å². The highest BCUT2D eigenvalue weighted by Gasteiger charge is 2.73. The zero-order valence-corrected chi connectivity index (χ0v) is 49.8. The number of methoxy groups -OCH3 is 1. The van der Waals surface area contributed by atoms with Gasteiger partial charge in [-0.05, 0) is 106 Å². The first-order valence-corrected chi connectivity index (χ1v) is 31.8. The highest BCUT2D eigenvalue weighted by atomic mass is 16.8. The fraction of sp³-hybridized carbons (Fsp3) is 0.921. The molecule has 15 rings (SSSR count). The second-order valence-corrected chi connectivity index (χ2v) is 28.2. The second-order valence-electron chi connectivity index (χ2n) is 28.2. The number of aliphatic hydroxyl groups is 1. The maximum atomic E-state index is 12.0. The normalized spacial score (nSPS) is 55.6. The molecule has 0 radical (unpaired) electrons. The van der Waals surface area contributed by atoms with E-state index in [2.05, 4.69) is 68.5 Å². The lowest BCUT2D eigenvalue weighted by atomic mass is 9.78. The van der Waals surface area contributed by atoms with Crippen LogP contribution in [-0.2, 0) is 75.8 Å². The van der Waals surface area contributed by atoms with Gasteiger partial charge in [0, 0.05) is 57.9 Å². The lowest BCUT2D eigenvalue weighted by Crippen LogP contribution is -2.63. The summed E-state index contributed by atoms with van der Waals surface area (Å²) in [6.45, 7) is 26.7. The molecule has 15 aliphatic rings. The first-order chi connectivity index (χ1) is 38.7. The average molecular weight is 1140 g/mol. The molecule has 6 bridgehead atoms. The van der Waals surface area contributed by atoms with Crippen LogP contribution in [0.4, 0.5) is 0 Å². The van der Waals surface area contributed by atoms with Gasteiger partial charge in [-0.25, -0.2) is 0 Å². The molecule has 0 aromatic rings. The molecule has 0 aliphatic carbocycles. The molecule has 18 nitrogen and oxygen atoms in total. The van der Waals surface area contributed by atoms with Gasteiger partial charge in [0.2, 0.25) is 0 Å². The summed E-state index contributed by atoms with van der Waals surface area (Å²) >= 11 is 0. The molecule has 18 heteroatoms. The Balaban J connectivity index is 0.000000154. The van der Waals surface area contributed by atoms with Crippen LogP contribution in [0.2, 0.25) is 0 Å². The molecule has 81 heavy (non-hydrogen) atoms. The molecule has 2 spiro atoms. The van der Waals surface area contributed by atoms with Crippen LogP contribution in [-0.4, -0.2) is 182 Å². The number of rotatable bonds is 10. The van der Waals surface area contributed by atoms with Gasteiger partial charge in [-0.15, -0.1) is 0 Å². The number of ether oxygens (including phenoxy) is 15. The molecule has 0 saturated carbocycles. The Kier molecular flexibility index (Phi) is 16.0. The van der Waals surface area contributed by atoms with E-state index >= 15 is 0 Å². The van der Waals surface area contributed by atoms with Crippen LogP contribution in [0.3, 0.4) is 0 Å². The Labute approximate surface area is 480 Å². The number of carbonyl (C=O) groups is 1. The highest BCUT2D eigenvalue weighted by Crippen LogP contribution is 2.60. The molecule has 0 aromatic heterocycles. The van der Waals surface area contributed by atoms with Crippen molar-refractivity contribution < 1.29 is 81.0 Å². The summed E-state index contributed by atoms with van der Waals surface area (Å²) in [6.07, 6.45) is 11.1. The summed E-state index contributed by atoms with van der Waals surface area (Å²) in [7, 11) is 1.41. The van der Waals surface area contributed by atoms with Crippen LogP contribution in [0, 0.1) is 29.6 Å². The van der Waals surface area contributed by atoms with E-state index in [1.807, 2.05) is 0 Å². The predicted octanol–water partition coefficient (Wildman–Crippen LogP) is 7.44. The largest absolute Gasteiger partial charge is 0.469 e. The zero-order valence-electron chi connectivity index (χ0n) is 49.8. The number of hydrogen-bond acceptors (Lipinski definition) is 18. The Hall–Kier alpha value is -1.69. The second kappa shape index (κ2) is 22.2. The van der Waals surface area contributed by atoms with Gasteiger partial charge in [0.05, 0.1) is 117 Å². The number of hydrogen-bond donors (Lipinski definition) is 2. The Bertz CT molecular complexity index is 2330. The van der Waals surface area contributed by atoms with Gasteiger partial charge in [0.25, 0.3) is 0 Å². The minimum absolute atomic E-state index is 0.0171. The summed E-state index contributed by atoms with van der Waals surface area (Å²) in [6, 6.07) is 0. The molecule has 0 unspecified atom stereocenters. The molecule has 456 valence electrons. The molecule has 15 fully saturated rings. The van der Waals surface area contributed by atoms with E-state index in [0.717, 1.165) is 77.0 Å². The summed E-state index contributed by atoms with van der Waals surface area (Å²) in [4.78, 5) is 12.0. The minimum atomic E-state index is -0.781. The lowest BCUT2D eigenvalue weighted by Gasteiger charge is -2.54. The number of aliphatic hydroxyl groups excluding tert-OH is 1. The zero-order chi connectivity index (χ0) is 56.7. The van der Waals surface area contributed by atoms with Crippen LogP contribution < -0.4 is 5.73 Å². The van der Waals surface area contributed by atoms with E-state index in [9.17, 15) is 9.90 Å². The fourth-order valence-corrected chi connectivity index (χ4v) is 18.0. The lowest BCUT2D eigenvalue weighted by molar-refractivity contribution is -0.370. The van der Waals surface area contributed by atoms with Gasteiger partial charge >= 0.3 is 5.97 Å². The van der Waals surface area contributed by atoms with Gasteiger partial charge < -0.3 is 81.9 Å². The molecule has 0 aromatic carbocycles. The third-order valence-corrected chi connectivity index (χ3v) is 22.4. The standard InChI is InChI=1S/C34H50O9.C29H47NO8/c1-7-24-20(4)18(2)14-21(37-24)8-10-25-19(3)15-23(38-25)12-13-34-17-33(5)32(43-34)31-30(41-33)29(42-34)28-26(40-31)11-9-22(39-28)16-27(35)36-6;1-13-8-28(36-21-6-18(31)24(12-30)34-25(13)21)9-14(2)26-23(37-28)11-29(38-26)10-22-19(35-29)7-20-27(33-22)16(4)15(3)17(5)32-20/h18,21-26,28-32H,3-4,7-17H2,1-2,5-6H3;13-27,31H,6-12,30H2,1-5H3/t18-,21+,22-,23+,24-,25+,26+,28+,29+,30+,31-,32-,33-,34-;13-,14-,15+,16+,17-,18+,19+,20-,21-,22+,23-,24+,25-,26-,27-,28+,29-/m10/s1. The molecular formula is C63H97NO17. The van der Waals surface area contributed by atoms with Gasteiger partial charge in [-0.2, -0.15) is 0 Å². The molecular weight excluding hydrogens is 1040 g/mol. The maximum Gasteiger partial charge on any atom is 0.308 e. The molecule has 0 amide bonds. The molecule has 31 atom stereocenters. The van der Waals surface area contributed by atoms with Crippen LogP contribution >= 0.6 is 0 Å². The summed E-state index contributed by atoms with van der Waals surface area (Å²) in [5, 5.41) is 10.6. The van der Waals surface area contributed by atoms with Crippen molar-refractivity contribution in [2.45, 2.75) is 322 Å². The van der Waals surface area contributed by atoms with Gasteiger partial charge in [-0.3, -0.25) is 4.79 Å². The summed E-state index contributed by atoms with van der Waals surface area (Å²) in [5.74, 6) is -0.513. The number of nitrogens with two attached hydrogens (primary N) is 1. The van der Waals surface area contributed by atoms with E-state index in [4.69, 9.17) is 76.8 Å². The molecule has 15 heterocycles. The first-order valence-electron chi connectivity index (χ1n) is 31.8. The smallest absolute Gasteiger partial charge is 0.308 e. The Morgan fingerprint density at radius 2 is 1.35 bits per heavy atom. The first kappa shape index (κ1) is 58.3. The SMILES string of the molecule is C=C1C[C@H](CC[C@@]23C[C@@]4(C)O[C@H]5[C@@H](O2)[C@H]2O[C@@H](CC(=O)OC)CC[C@@H]2O[C@H]5[C@H]4O3)O[C@H]1CC[C@H]1C[C@@H](C)C(=C)[C@@H](CC)O1.C[C@@H]1[C@@H](C)[C@H](C)O[C@H]2C[C@H]3O[C@@]4(C[C@@H]5O[C@]6(C[C@H](C)[C@@H]7O[C@H](CN)[C@H](O)C[C@@H]7O6)C[C@H](C)[C@@H]5O4)C[C@H]3O[C@@H]12. The minimum Gasteiger partial charge on any atom is -0.469 e. The van der Waals surface area contributed by atoms with Crippen molar-refractivity contribution in [3.8, 4) is 0 Å². The van der Waals surface area contributed by atoms with Crippen molar-refractivity contribution in [1.29, 1.82) is 0 Å². The van der Waals surface area contributed by atoms with E-state index in [-0.39, 0.29) is 152 Å². The maximum absolute atomic E-state index is 12.0. The number of carbonyl (C=O) groups excluding carboxylic acids is 1. The Morgan fingerprint density at radius 3 is 2.12 bits per heavy atom. The monoisotopic (exact) mass is 1140 g/mol. The van der Waals surface area contributed by atoms with Gasteiger partial charge in [0.15, 0.2) is 17.4 Å². The summed E-state index contributed by atoms with van der Waals surface area (Å²) < 4.78 is 97.5.